The summed E-state index contributed by atoms with van der Waals surface area (Å²) in [6.45, 7) is 3.23. The van der Waals surface area contributed by atoms with Crippen molar-refractivity contribution in [3.8, 4) is 0 Å². The largest absolute Gasteiger partial charge is 0.468 e. The minimum absolute atomic E-state index is 0.0403. The molecule has 0 aliphatic carbocycles. The summed E-state index contributed by atoms with van der Waals surface area (Å²) >= 11 is 0. The molecule has 0 atom stereocenters. The van der Waals surface area contributed by atoms with Crippen LogP contribution in [0.1, 0.15) is 0 Å². The molecule has 0 saturated carbocycles. The third kappa shape index (κ3) is 3.40. The van der Waals surface area contributed by atoms with Gasteiger partial charge < -0.3 is 9.64 Å². The van der Waals surface area contributed by atoms with Crippen molar-refractivity contribution >= 4 is 11.9 Å². The second-order valence-corrected chi connectivity index (χ2v) is 1.97. The van der Waals surface area contributed by atoms with Gasteiger partial charge in [0.15, 0.2) is 0 Å². The number of carbonyl (C=O) groups excluding carboxylic acids is 2. The lowest BCUT2D eigenvalue weighted by Gasteiger charge is -2.12. The Bertz CT molecular complexity index is 177. The van der Waals surface area contributed by atoms with Gasteiger partial charge in [0, 0.05) is 7.05 Å². The van der Waals surface area contributed by atoms with Crippen LogP contribution in [0.2, 0.25) is 0 Å². The lowest BCUT2D eigenvalue weighted by atomic mass is 10.5. The quantitative estimate of drug-likeness (QED) is 0.421. The minimum Gasteiger partial charge on any atom is -0.468 e. The number of hydrogen-bond acceptors (Lipinski definition) is 3. The van der Waals surface area contributed by atoms with Gasteiger partial charge >= 0.3 is 5.97 Å². The standard InChI is InChI=1S/C7H11NO3/c1-4-6(9)8(2)5-7(10)11-3/h4H,1,5H2,2-3H3. The third-order valence-corrected chi connectivity index (χ3v) is 1.14. The summed E-state index contributed by atoms with van der Waals surface area (Å²) in [4.78, 5) is 22.6. The van der Waals surface area contributed by atoms with Crippen molar-refractivity contribution in [1.29, 1.82) is 0 Å². The molecule has 0 fully saturated rings. The Hall–Kier alpha value is -1.32. The van der Waals surface area contributed by atoms with Crippen LogP contribution >= 0.6 is 0 Å². The number of rotatable bonds is 3. The molecule has 0 heterocycles. The van der Waals surface area contributed by atoms with E-state index in [1.807, 2.05) is 0 Å². The summed E-state index contributed by atoms with van der Waals surface area (Å²) in [5.74, 6) is -0.738. The van der Waals surface area contributed by atoms with E-state index in [-0.39, 0.29) is 12.5 Å². The van der Waals surface area contributed by atoms with E-state index < -0.39 is 5.97 Å². The Kier molecular flexibility index (Phi) is 3.95. The molecule has 0 bridgehead atoms. The summed E-state index contributed by atoms with van der Waals surface area (Å²) in [5, 5.41) is 0. The molecule has 1 amide bonds. The van der Waals surface area contributed by atoms with Crippen molar-refractivity contribution in [3.63, 3.8) is 0 Å². The van der Waals surface area contributed by atoms with E-state index >= 15 is 0 Å². The topological polar surface area (TPSA) is 46.6 Å². The van der Waals surface area contributed by atoms with Gasteiger partial charge in [-0.25, -0.2) is 0 Å². The smallest absolute Gasteiger partial charge is 0.325 e. The zero-order valence-corrected chi connectivity index (χ0v) is 6.66. The molecule has 0 N–H and O–H groups in total. The first-order valence-electron chi connectivity index (χ1n) is 3.06. The third-order valence-electron chi connectivity index (χ3n) is 1.14. The number of carbonyl (C=O) groups is 2. The Morgan fingerprint density at radius 2 is 2.18 bits per heavy atom. The SMILES string of the molecule is C=CC(=O)N(C)CC(=O)OC. The van der Waals surface area contributed by atoms with Crippen LogP contribution in [0.3, 0.4) is 0 Å². The van der Waals surface area contributed by atoms with Crippen LogP contribution in [0, 0.1) is 0 Å². The predicted molar refractivity (Wildman–Crippen MR) is 39.9 cm³/mol. The number of hydrogen-bond donors (Lipinski definition) is 0. The zero-order valence-electron chi connectivity index (χ0n) is 6.66. The van der Waals surface area contributed by atoms with Crippen molar-refractivity contribution in [2.45, 2.75) is 0 Å². The highest BCUT2D eigenvalue weighted by Crippen LogP contribution is 1.86. The molecular formula is C7H11NO3. The van der Waals surface area contributed by atoms with Crippen LogP contribution in [0.4, 0.5) is 0 Å². The van der Waals surface area contributed by atoms with Gasteiger partial charge in [-0.15, -0.1) is 0 Å². The fraction of sp³-hybridized carbons (Fsp3) is 0.429. The molecule has 0 saturated heterocycles. The summed E-state index contributed by atoms with van der Waals surface area (Å²) in [6, 6.07) is 0. The number of esters is 1. The zero-order chi connectivity index (χ0) is 8.85. The van der Waals surface area contributed by atoms with Gasteiger partial charge in [-0.2, -0.15) is 0 Å². The summed E-state index contributed by atoms with van der Waals surface area (Å²) in [5.41, 5.74) is 0. The molecule has 4 heteroatoms. The Morgan fingerprint density at radius 1 is 1.64 bits per heavy atom. The lowest BCUT2D eigenvalue weighted by Crippen LogP contribution is -2.31. The van der Waals surface area contributed by atoms with Gasteiger partial charge in [-0.05, 0) is 6.08 Å². The molecule has 0 aromatic carbocycles. The van der Waals surface area contributed by atoms with Crippen molar-refractivity contribution in [2.24, 2.45) is 0 Å². The second-order valence-electron chi connectivity index (χ2n) is 1.97. The molecule has 62 valence electrons. The van der Waals surface area contributed by atoms with E-state index in [2.05, 4.69) is 11.3 Å². The Morgan fingerprint density at radius 3 is 2.55 bits per heavy atom. The Labute approximate surface area is 65.4 Å². The van der Waals surface area contributed by atoms with Crippen LogP contribution in [0.25, 0.3) is 0 Å². The van der Waals surface area contributed by atoms with Gasteiger partial charge in [0.05, 0.1) is 7.11 Å². The maximum atomic E-state index is 10.8. The second kappa shape index (κ2) is 4.49. The summed E-state index contributed by atoms with van der Waals surface area (Å²) in [6.07, 6.45) is 1.14. The fourth-order valence-corrected chi connectivity index (χ4v) is 0.492. The van der Waals surface area contributed by atoms with Gasteiger partial charge in [0.25, 0.3) is 0 Å². The van der Waals surface area contributed by atoms with Crippen LogP contribution in [-0.4, -0.2) is 37.5 Å². The van der Waals surface area contributed by atoms with Gasteiger partial charge in [-0.3, -0.25) is 9.59 Å². The van der Waals surface area contributed by atoms with Crippen LogP contribution < -0.4 is 0 Å². The molecule has 0 aromatic rings. The summed E-state index contributed by atoms with van der Waals surface area (Å²) in [7, 11) is 2.77. The molecule has 0 aliphatic heterocycles. The average Bonchev–Trinajstić information content (AvgIpc) is 2.02. The highest BCUT2D eigenvalue weighted by Gasteiger charge is 2.08. The number of amides is 1. The highest BCUT2D eigenvalue weighted by molar-refractivity contribution is 5.89. The maximum Gasteiger partial charge on any atom is 0.325 e. The maximum absolute atomic E-state index is 10.8. The molecule has 0 spiro atoms. The van der Waals surface area contributed by atoms with Gasteiger partial charge in [-0.1, -0.05) is 6.58 Å². The molecule has 0 radical (unpaired) electrons. The first-order valence-corrected chi connectivity index (χ1v) is 3.06. The van der Waals surface area contributed by atoms with Crippen LogP contribution in [0.15, 0.2) is 12.7 Å². The van der Waals surface area contributed by atoms with E-state index in [4.69, 9.17) is 0 Å². The number of likely N-dealkylation sites (N-methyl/N-ethyl adjacent to an activating group) is 1. The molecule has 0 unspecified atom stereocenters. The number of nitrogens with zero attached hydrogens (tertiary/aromatic N) is 1. The number of ether oxygens (including phenoxy) is 1. The van der Waals surface area contributed by atoms with E-state index in [0.29, 0.717) is 0 Å². The fourth-order valence-electron chi connectivity index (χ4n) is 0.492. The van der Waals surface area contributed by atoms with Crippen molar-refractivity contribution in [3.05, 3.63) is 12.7 Å². The van der Waals surface area contributed by atoms with Crippen molar-refractivity contribution in [1.82, 2.24) is 4.90 Å². The molecule has 4 nitrogen and oxygen atoms in total. The monoisotopic (exact) mass is 157 g/mol. The molecule has 0 aliphatic rings. The van der Waals surface area contributed by atoms with Crippen molar-refractivity contribution in [2.75, 3.05) is 20.7 Å². The van der Waals surface area contributed by atoms with Crippen LogP contribution in [0.5, 0.6) is 0 Å². The Balaban J connectivity index is 3.86. The van der Waals surface area contributed by atoms with Crippen molar-refractivity contribution < 1.29 is 14.3 Å². The first kappa shape index (κ1) is 9.68. The number of methoxy groups -OCH3 is 1. The van der Waals surface area contributed by atoms with E-state index in [9.17, 15) is 9.59 Å². The molecule has 0 aromatic heterocycles. The molecule has 11 heavy (non-hydrogen) atoms. The van der Waals surface area contributed by atoms with E-state index in [1.165, 1.54) is 19.1 Å². The normalized spacial score (nSPS) is 8.55. The lowest BCUT2D eigenvalue weighted by molar-refractivity contribution is -0.144. The van der Waals surface area contributed by atoms with Gasteiger partial charge in [0.1, 0.15) is 6.54 Å². The van der Waals surface area contributed by atoms with E-state index in [0.717, 1.165) is 6.08 Å². The summed E-state index contributed by atoms with van der Waals surface area (Å²) < 4.78 is 4.35. The molecular weight excluding hydrogens is 146 g/mol. The minimum atomic E-state index is -0.442. The first-order chi connectivity index (χ1) is 5.11. The highest BCUT2D eigenvalue weighted by atomic mass is 16.5. The van der Waals surface area contributed by atoms with Crippen LogP contribution in [-0.2, 0) is 14.3 Å². The van der Waals surface area contributed by atoms with Gasteiger partial charge in [0.2, 0.25) is 5.91 Å². The average molecular weight is 157 g/mol. The predicted octanol–water partition coefficient (Wildman–Crippen LogP) is -0.196. The molecule has 0 rings (SSSR count). The van der Waals surface area contributed by atoms with E-state index in [1.54, 1.807) is 0 Å².